The van der Waals surface area contributed by atoms with E-state index in [1.54, 1.807) is 7.11 Å². The van der Waals surface area contributed by atoms with E-state index in [0.717, 1.165) is 37.3 Å². The number of hydrogen-bond acceptors (Lipinski definition) is 4. The molecule has 1 aromatic carbocycles. The zero-order valence-electron chi connectivity index (χ0n) is 15.8. The molecule has 1 aromatic rings. The van der Waals surface area contributed by atoms with Crippen LogP contribution in [0.5, 0.6) is 11.5 Å². The summed E-state index contributed by atoms with van der Waals surface area (Å²) in [4.78, 5) is 15.5. The maximum Gasteiger partial charge on any atom is 0.161 e. The molecule has 4 atom stereocenters. The van der Waals surface area contributed by atoms with Crippen LogP contribution in [0.25, 0.3) is 0 Å². The highest BCUT2D eigenvalue weighted by atomic mass is 16.5. The molecule has 1 heterocycles. The van der Waals surface area contributed by atoms with Gasteiger partial charge in [-0.05, 0) is 62.1 Å². The van der Waals surface area contributed by atoms with E-state index in [2.05, 4.69) is 17.9 Å². The fourth-order valence-corrected chi connectivity index (χ4v) is 6.18. The van der Waals surface area contributed by atoms with E-state index >= 15 is 0 Å². The van der Waals surface area contributed by atoms with Crippen molar-refractivity contribution in [2.45, 2.75) is 56.9 Å². The topological polar surface area (TPSA) is 49.8 Å². The number of phenolic OH excluding ortho intramolecular Hbond substituents is 1. The second kappa shape index (κ2) is 5.72. The summed E-state index contributed by atoms with van der Waals surface area (Å²) in [7, 11) is 1.61. The second-order valence-electron chi connectivity index (χ2n) is 9.15. The van der Waals surface area contributed by atoms with Gasteiger partial charge in [0.05, 0.1) is 7.11 Å². The first-order chi connectivity index (χ1) is 12.5. The van der Waals surface area contributed by atoms with Crippen LogP contribution in [0.3, 0.4) is 0 Å². The van der Waals surface area contributed by atoms with Gasteiger partial charge in [-0.2, -0.15) is 0 Å². The molecule has 140 valence electrons. The Balaban J connectivity index is 1.64. The van der Waals surface area contributed by atoms with Gasteiger partial charge in [0.2, 0.25) is 0 Å². The molecule has 4 nitrogen and oxygen atoms in total. The number of piperidine rings is 1. The van der Waals surface area contributed by atoms with E-state index in [4.69, 9.17) is 4.74 Å². The van der Waals surface area contributed by atoms with Crippen molar-refractivity contribution >= 4 is 5.78 Å². The van der Waals surface area contributed by atoms with E-state index < -0.39 is 0 Å². The quantitative estimate of drug-likeness (QED) is 0.904. The van der Waals surface area contributed by atoms with Gasteiger partial charge in [-0.25, -0.2) is 0 Å². The predicted octanol–water partition coefficient (Wildman–Crippen LogP) is 3.29. The standard InChI is InChI=1S/C22H29NO3/c1-13-9-16-17-10-15-5-6-19(26-2)21(25)20(15)22(16,11-18(13)24)7-8-23(17)12-14-3-4-14/h5-6,13-14,16-17,25H,3-4,7-12H2,1-2H3/t13?,16-,17+,22-/m0/s1. The van der Waals surface area contributed by atoms with Gasteiger partial charge in [-0.3, -0.25) is 9.69 Å². The number of benzene rings is 1. The lowest BCUT2D eigenvalue weighted by Crippen LogP contribution is -2.63. The number of fused-ring (bicyclic) bond motifs is 1. The van der Waals surface area contributed by atoms with E-state index in [-0.39, 0.29) is 17.1 Å². The second-order valence-corrected chi connectivity index (χ2v) is 9.15. The monoisotopic (exact) mass is 355 g/mol. The van der Waals surface area contributed by atoms with Crippen molar-refractivity contribution in [3.05, 3.63) is 23.3 Å². The van der Waals surface area contributed by atoms with Crippen LogP contribution < -0.4 is 4.74 Å². The molecule has 5 rings (SSSR count). The van der Waals surface area contributed by atoms with E-state index in [9.17, 15) is 9.90 Å². The Bertz CT molecular complexity index is 756. The van der Waals surface area contributed by atoms with Gasteiger partial charge in [-0.15, -0.1) is 0 Å². The van der Waals surface area contributed by atoms with Crippen molar-refractivity contribution in [1.29, 1.82) is 0 Å². The van der Waals surface area contributed by atoms with Gasteiger partial charge < -0.3 is 9.84 Å². The zero-order chi connectivity index (χ0) is 18.1. The van der Waals surface area contributed by atoms with E-state index in [0.29, 0.717) is 29.9 Å². The fraction of sp³-hybridized carbons (Fsp3) is 0.682. The van der Waals surface area contributed by atoms with E-state index in [1.807, 2.05) is 6.07 Å². The zero-order valence-corrected chi connectivity index (χ0v) is 15.8. The maximum absolute atomic E-state index is 12.8. The number of aromatic hydroxyl groups is 1. The molecular formula is C22H29NO3. The van der Waals surface area contributed by atoms with Crippen LogP contribution in [-0.2, 0) is 16.6 Å². The number of rotatable bonds is 3. The van der Waals surface area contributed by atoms with Crippen LogP contribution in [0, 0.1) is 17.8 Å². The Kier molecular flexibility index (Phi) is 3.66. The van der Waals surface area contributed by atoms with Crippen molar-refractivity contribution in [3.8, 4) is 11.5 Å². The molecule has 2 saturated carbocycles. The Morgan fingerprint density at radius 3 is 2.88 bits per heavy atom. The van der Waals surface area contributed by atoms with Crippen LogP contribution >= 0.6 is 0 Å². The number of carbonyl (C=O) groups is 1. The molecule has 1 unspecified atom stereocenters. The van der Waals surface area contributed by atoms with Crippen molar-refractivity contribution < 1.29 is 14.6 Å². The molecule has 3 fully saturated rings. The summed E-state index contributed by atoms with van der Waals surface area (Å²) in [5, 5.41) is 11.0. The third-order valence-electron chi connectivity index (χ3n) is 7.70. The number of ether oxygens (including phenoxy) is 1. The van der Waals surface area contributed by atoms with Crippen molar-refractivity contribution in [2.24, 2.45) is 17.8 Å². The molecule has 4 heteroatoms. The average Bonchev–Trinajstić information content (AvgIpc) is 3.42. The molecule has 26 heavy (non-hydrogen) atoms. The third kappa shape index (κ3) is 2.27. The molecule has 1 saturated heterocycles. The Morgan fingerprint density at radius 2 is 2.15 bits per heavy atom. The first-order valence-electron chi connectivity index (χ1n) is 10.2. The lowest BCUT2D eigenvalue weighted by Gasteiger charge is -2.59. The Labute approximate surface area is 155 Å². The number of hydrogen-bond donors (Lipinski definition) is 1. The minimum absolute atomic E-state index is 0.144. The van der Waals surface area contributed by atoms with E-state index in [1.165, 1.54) is 24.9 Å². The number of Topliss-reactive ketones (excluding diaryl/α,β-unsaturated/α-hetero) is 1. The smallest absolute Gasteiger partial charge is 0.161 e. The summed E-state index contributed by atoms with van der Waals surface area (Å²) in [5.41, 5.74) is 2.07. The Morgan fingerprint density at radius 1 is 1.35 bits per heavy atom. The van der Waals surface area contributed by atoms with Crippen molar-refractivity contribution in [3.63, 3.8) is 0 Å². The van der Waals surface area contributed by atoms with Gasteiger partial charge in [0.25, 0.3) is 0 Å². The number of phenols is 1. The summed E-state index contributed by atoms with van der Waals surface area (Å²) >= 11 is 0. The number of likely N-dealkylation sites (tertiary alicyclic amines) is 1. The minimum atomic E-state index is -0.194. The minimum Gasteiger partial charge on any atom is -0.504 e. The van der Waals surface area contributed by atoms with Crippen LogP contribution in [0.4, 0.5) is 0 Å². The predicted molar refractivity (Wildman–Crippen MR) is 99.6 cm³/mol. The Hall–Kier alpha value is -1.55. The molecule has 0 spiro atoms. The molecule has 3 aliphatic carbocycles. The summed E-state index contributed by atoms with van der Waals surface area (Å²) in [5.74, 6) is 2.69. The normalized spacial score (nSPS) is 36.4. The SMILES string of the molecule is COc1ccc2c(c1O)[C@]13CCN(CC4CC4)[C@H](C2)[C@@H]1CC(C)C(=O)C3. The number of carbonyl (C=O) groups excluding carboxylic acids is 1. The molecule has 1 N–H and O–H groups in total. The summed E-state index contributed by atoms with van der Waals surface area (Å²) < 4.78 is 5.41. The van der Waals surface area contributed by atoms with Gasteiger partial charge in [0.1, 0.15) is 5.78 Å². The summed E-state index contributed by atoms with van der Waals surface area (Å²) in [6.45, 7) is 4.36. The van der Waals surface area contributed by atoms with Gasteiger partial charge in [-0.1, -0.05) is 13.0 Å². The van der Waals surface area contributed by atoms with Crippen molar-refractivity contribution in [1.82, 2.24) is 4.90 Å². The van der Waals surface area contributed by atoms with Gasteiger partial charge in [0.15, 0.2) is 11.5 Å². The molecular weight excluding hydrogens is 326 g/mol. The number of ketones is 1. The summed E-state index contributed by atoms with van der Waals surface area (Å²) in [6.07, 6.45) is 6.27. The van der Waals surface area contributed by atoms with Crippen molar-refractivity contribution in [2.75, 3.05) is 20.2 Å². The molecule has 4 aliphatic rings. The largest absolute Gasteiger partial charge is 0.504 e. The first-order valence-corrected chi connectivity index (χ1v) is 10.2. The molecule has 1 aliphatic heterocycles. The molecule has 0 amide bonds. The first kappa shape index (κ1) is 16.6. The molecule has 2 bridgehead atoms. The fourth-order valence-electron chi connectivity index (χ4n) is 6.18. The molecule has 0 aromatic heterocycles. The maximum atomic E-state index is 12.8. The molecule has 0 radical (unpaired) electrons. The van der Waals surface area contributed by atoms with Crippen LogP contribution in [0.15, 0.2) is 12.1 Å². The number of nitrogens with zero attached hydrogens (tertiary/aromatic N) is 1. The average molecular weight is 355 g/mol. The van der Waals surface area contributed by atoms with Gasteiger partial charge >= 0.3 is 0 Å². The third-order valence-corrected chi connectivity index (χ3v) is 7.70. The van der Waals surface area contributed by atoms with Crippen LogP contribution in [0.1, 0.15) is 50.2 Å². The number of methoxy groups -OCH3 is 1. The summed E-state index contributed by atoms with van der Waals surface area (Å²) in [6, 6.07) is 4.53. The lowest BCUT2D eigenvalue weighted by atomic mass is 9.50. The van der Waals surface area contributed by atoms with Crippen LogP contribution in [-0.4, -0.2) is 42.0 Å². The lowest BCUT2D eigenvalue weighted by molar-refractivity contribution is -0.132. The van der Waals surface area contributed by atoms with Gasteiger partial charge in [0, 0.05) is 35.9 Å². The highest BCUT2D eigenvalue weighted by molar-refractivity contribution is 5.84. The van der Waals surface area contributed by atoms with Crippen LogP contribution in [0.2, 0.25) is 0 Å². The highest BCUT2D eigenvalue weighted by Crippen LogP contribution is 2.59. The highest BCUT2D eigenvalue weighted by Gasteiger charge is 2.58.